The molecule has 0 aliphatic carbocycles. The van der Waals surface area contributed by atoms with Crippen molar-refractivity contribution in [1.29, 1.82) is 0 Å². The van der Waals surface area contributed by atoms with E-state index in [1.165, 1.54) is 10.4 Å². The normalized spacial score (nSPS) is 14.3. The Morgan fingerprint density at radius 2 is 1.39 bits per heavy atom. The average molecular weight is 467 g/mol. The molecule has 2 aromatic rings. The molecule has 0 aromatic heterocycles. The molecule has 0 fully saturated rings. The highest BCUT2D eigenvalue weighted by Crippen LogP contribution is 2.38. The predicted octanol–water partition coefficient (Wildman–Crippen LogP) is 5.05. The lowest BCUT2D eigenvalue weighted by Crippen LogP contribution is -2.68. The minimum Gasteiger partial charge on any atom is -0.457 e. The molecule has 0 N–H and O–H groups in total. The van der Waals surface area contributed by atoms with Gasteiger partial charge in [-0.15, -0.1) is 0 Å². The third kappa shape index (κ3) is 6.52. The Kier molecular flexibility index (Phi) is 9.38. The second-order valence-electron chi connectivity index (χ2n) is 9.83. The van der Waals surface area contributed by atoms with Crippen LogP contribution in [0.3, 0.4) is 0 Å². The first-order valence-electron chi connectivity index (χ1n) is 11.7. The maximum atomic E-state index is 12.6. The fourth-order valence-electron chi connectivity index (χ4n) is 4.20. The monoisotopic (exact) mass is 466 g/mol. The van der Waals surface area contributed by atoms with Gasteiger partial charge in [0.2, 0.25) is 5.78 Å². The summed E-state index contributed by atoms with van der Waals surface area (Å²) in [7, 11) is -2.80. The summed E-state index contributed by atoms with van der Waals surface area (Å²) in [6.45, 7) is 14.1. The number of hydrogen-bond donors (Lipinski definition) is 0. The lowest BCUT2D eigenvalue weighted by Gasteiger charge is -2.45. The van der Waals surface area contributed by atoms with E-state index >= 15 is 0 Å². The SMILES string of the molecule is C/C=C/[C@H](O[Si](c1ccccc1)(c1ccccc1)C(C)(C)C)[C@@H](C)CC(=O)C(=O)OC(C)C. The number of carbonyl (C=O) groups is 2. The van der Waals surface area contributed by atoms with Gasteiger partial charge in [-0.05, 0) is 42.1 Å². The molecule has 33 heavy (non-hydrogen) atoms. The Hall–Kier alpha value is -2.50. The van der Waals surface area contributed by atoms with Gasteiger partial charge in [0.15, 0.2) is 0 Å². The topological polar surface area (TPSA) is 52.6 Å². The van der Waals surface area contributed by atoms with Gasteiger partial charge in [-0.1, -0.05) is 101 Å². The maximum absolute atomic E-state index is 12.6. The number of benzene rings is 2. The van der Waals surface area contributed by atoms with Crippen molar-refractivity contribution in [2.24, 2.45) is 5.92 Å². The highest BCUT2D eigenvalue weighted by Gasteiger charge is 2.51. The molecule has 2 aromatic carbocycles. The minimum atomic E-state index is -2.80. The summed E-state index contributed by atoms with van der Waals surface area (Å²) in [4.78, 5) is 24.7. The standard InChI is InChI=1S/C28H38O4Si/c1-8-15-26(22(4)20-25(29)27(30)31-21(2)3)32-33(28(5,6)7,23-16-11-9-12-17-23)24-18-13-10-14-19-24/h8-19,21-22,26H,20H2,1-7H3/b15-8+/t22-,26-/m0/s1. The smallest absolute Gasteiger partial charge is 0.374 e. The van der Waals surface area contributed by atoms with Crippen LogP contribution in [0.4, 0.5) is 0 Å². The first-order chi connectivity index (χ1) is 15.5. The van der Waals surface area contributed by atoms with Gasteiger partial charge in [-0.2, -0.15) is 0 Å². The number of allylic oxidation sites excluding steroid dienone is 1. The van der Waals surface area contributed by atoms with Crippen molar-refractivity contribution in [1.82, 2.24) is 0 Å². The average Bonchev–Trinajstić information content (AvgIpc) is 2.76. The molecule has 0 aliphatic rings. The highest BCUT2D eigenvalue weighted by molar-refractivity contribution is 6.99. The lowest BCUT2D eigenvalue weighted by atomic mass is 9.98. The van der Waals surface area contributed by atoms with E-state index in [-0.39, 0.29) is 29.6 Å². The lowest BCUT2D eigenvalue weighted by molar-refractivity contribution is -0.157. The maximum Gasteiger partial charge on any atom is 0.374 e. The summed E-state index contributed by atoms with van der Waals surface area (Å²) >= 11 is 0. The van der Waals surface area contributed by atoms with Gasteiger partial charge in [0.1, 0.15) is 0 Å². The van der Waals surface area contributed by atoms with Gasteiger partial charge in [-0.3, -0.25) is 4.79 Å². The Bertz CT molecular complexity index is 890. The molecule has 5 heteroatoms. The van der Waals surface area contributed by atoms with Crippen LogP contribution in [0.25, 0.3) is 0 Å². The van der Waals surface area contributed by atoms with Crippen molar-refractivity contribution < 1.29 is 18.8 Å². The molecule has 0 heterocycles. The molecule has 0 radical (unpaired) electrons. The van der Waals surface area contributed by atoms with Crippen molar-refractivity contribution in [2.45, 2.75) is 72.1 Å². The molecule has 0 unspecified atom stereocenters. The van der Waals surface area contributed by atoms with Gasteiger partial charge in [-0.25, -0.2) is 4.79 Å². The van der Waals surface area contributed by atoms with Crippen LogP contribution in [0.1, 0.15) is 54.9 Å². The summed E-state index contributed by atoms with van der Waals surface area (Å²) in [5.41, 5.74) is 0. The number of ether oxygens (including phenoxy) is 1. The predicted molar refractivity (Wildman–Crippen MR) is 137 cm³/mol. The molecule has 0 spiro atoms. The van der Waals surface area contributed by atoms with Gasteiger partial charge < -0.3 is 9.16 Å². The van der Waals surface area contributed by atoms with Gasteiger partial charge in [0, 0.05) is 6.42 Å². The third-order valence-corrected chi connectivity index (χ3v) is 10.8. The van der Waals surface area contributed by atoms with Crippen LogP contribution < -0.4 is 10.4 Å². The van der Waals surface area contributed by atoms with Crippen LogP contribution in [0, 0.1) is 5.92 Å². The molecule has 4 nitrogen and oxygen atoms in total. The highest BCUT2D eigenvalue weighted by atomic mass is 28.4. The Balaban J connectivity index is 2.52. The summed E-state index contributed by atoms with van der Waals surface area (Å²) < 4.78 is 12.3. The summed E-state index contributed by atoms with van der Waals surface area (Å²) in [6.07, 6.45) is 3.37. The van der Waals surface area contributed by atoms with E-state index in [0.29, 0.717) is 0 Å². The summed E-state index contributed by atoms with van der Waals surface area (Å²) in [6, 6.07) is 20.8. The van der Waals surface area contributed by atoms with Crippen LogP contribution in [0.2, 0.25) is 5.04 Å². The molecule has 2 atom stereocenters. The number of carbonyl (C=O) groups excluding carboxylic acids is 2. The molecule has 0 amide bonds. The Morgan fingerprint density at radius 1 is 0.909 bits per heavy atom. The van der Waals surface area contributed by atoms with Crippen molar-refractivity contribution in [3.8, 4) is 0 Å². The van der Waals surface area contributed by atoms with Gasteiger partial charge >= 0.3 is 5.97 Å². The van der Waals surface area contributed by atoms with E-state index in [0.717, 1.165) is 0 Å². The zero-order chi connectivity index (χ0) is 24.6. The van der Waals surface area contributed by atoms with Crippen molar-refractivity contribution in [3.05, 3.63) is 72.8 Å². The molecule has 0 saturated heterocycles. The molecule has 0 aliphatic heterocycles. The Morgan fingerprint density at radius 3 is 1.79 bits per heavy atom. The molecular formula is C28H38O4Si. The van der Waals surface area contributed by atoms with E-state index < -0.39 is 20.1 Å². The molecule has 0 saturated carbocycles. The second kappa shape index (κ2) is 11.6. The number of ketones is 1. The fourth-order valence-corrected chi connectivity index (χ4v) is 8.94. The number of esters is 1. The van der Waals surface area contributed by atoms with Crippen LogP contribution in [0.15, 0.2) is 72.8 Å². The van der Waals surface area contributed by atoms with E-state index in [1.54, 1.807) is 13.8 Å². The number of hydrogen-bond acceptors (Lipinski definition) is 4. The van der Waals surface area contributed by atoms with Gasteiger partial charge in [0.05, 0.1) is 12.2 Å². The molecule has 178 valence electrons. The minimum absolute atomic E-state index is 0.0682. The van der Waals surface area contributed by atoms with Crippen molar-refractivity contribution in [3.63, 3.8) is 0 Å². The van der Waals surface area contributed by atoms with Crippen LogP contribution in [-0.2, 0) is 18.8 Å². The molecule has 2 rings (SSSR count). The van der Waals surface area contributed by atoms with Crippen LogP contribution in [-0.4, -0.2) is 32.3 Å². The van der Waals surface area contributed by atoms with Crippen LogP contribution >= 0.6 is 0 Å². The third-order valence-electron chi connectivity index (χ3n) is 5.75. The van der Waals surface area contributed by atoms with Crippen molar-refractivity contribution in [2.75, 3.05) is 0 Å². The number of rotatable bonds is 10. The number of Topliss-reactive ketones (excluding diaryl/α,β-unsaturated/α-hetero) is 1. The van der Waals surface area contributed by atoms with Crippen molar-refractivity contribution >= 4 is 30.4 Å². The second-order valence-corrected chi connectivity index (χ2v) is 14.1. The van der Waals surface area contributed by atoms with Gasteiger partial charge in [0.25, 0.3) is 8.32 Å². The van der Waals surface area contributed by atoms with E-state index in [4.69, 9.17) is 9.16 Å². The van der Waals surface area contributed by atoms with E-state index in [9.17, 15) is 9.59 Å². The van der Waals surface area contributed by atoms with Crippen LogP contribution in [0.5, 0.6) is 0 Å². The van der Waals surface area contributed by atoms with E-state index in [1.807, 2.05) is 38.1 Å². The quantitative estimate of drug-likeness (QED) is 0.213. The summed E-state index contributed by atoms with van der Waals surface area (Å²) in [5.74, 6) is -1.49. The first-order valence-corrected chi connectivity index (χ1v) is 13.6. The zero-order valence-corrected chi connectivity index (χ0v) is 22.0. The largest absolute Gasteiger partial charge is 0.457 e. The molecule has 0 bridgehead atoms. The zero-order valence-electron chi connectivity index (χ0n) is 21.0. The fraction of sp³-hybridized carbons (Fsp3) is 0.429. The molecular weight excluding hydrogens is 428 g/mol. The first kappa shape index (κ1) is 26.7. The van der Waals surface area contributed by atoms with E-state index in [2.05, 4.69) is 69.3 Å². The Labute approximate surface area is 200 Å². The summed E-state index contributed by atoms with van der Waals surface area (Å²) in [5, 5.41) is 2.17.